The number of sulfone groups is 1. The monoisotopic (exact) mass is 226 g/mol. The van der Waals surface area contributed by atoms with E-state index in [1.54, 1.807) is 6.20 Å². The minimum absolute atomic E-state index is 0.0526. The molecule has 4 nitrogen and oxygen atoms in total. The SMILES string of the molecule is Cc1cc(NC2CCS(=O)(=O)C2)ccn1. The van der Waals surface area contributed by atoms with Gasteiger partial charge in [0.1, 0.15) is 0 Å². The maximum Gasteiger partial charge on any atom is 0.152 e. The lowest BCUT2D eigenvalue weighted by Crippen LogP contribution is -2.20. The van der Waals surface area contributed by atoms with Crippen molar-refractivity contribution in [3.05, 3.63) is 24.0 Å². The number of rotatable bonds is 2. The van der Waals surface area contributed by atoms with Gasteiger partial charge in [0.2, 0.25) is 0 Å². The van der Waals surface area contributed by atoms with E-state index in [-0.39, 0.29) is 11.8 Å². The van der Waals surface area contributed by atoms with Gasteiger partial charge in [-0.2, -0.15) is 0 Å². The van der Waals surface area contributed by atoms with Gasteiger partial charge in [0.25, 0.3) is 0 Å². The molecule has 2 rings (SSSR count). The zero-order valence-corrected chi connectivity index (χ0v) is 9.42. The number of hydrogen-bond acceptors (Lipinski definition) is 4. The third-order valence-electron chi connectivity index (χ3n) is 2.50. The van der Waals surface area contributed by atoms with Gasteiger partial charge in [-0.25, -0.2) is 8.42 Å². The van der Waals surface area contributed by atoms with Crippen LogP contribution >= 0.6 is 0 Å². The van der Waals surface area contributed by atoms with E-state index in [9.17, 15) is 8.42 Å². The van der Waals surface area contributed by atoms with E-state index in [0.717, 1.165) is 11.4 Å². The standard InChI is InChI=1S/C10H14N2O2S/c1-8-6-9(2-4-11-8)12-10-3-5-15(13,14)7-10/h2,4,6,10H,3,5,7H2,1H3,(H,11,12). The summed E-state index contributed by atoms with van der Waals surface area (Å²) in [5, 5.41) is 3.22. The third-order valence-corrected chi connectivity index (χ3v) is 4.27. The van der Waals surface area contributed by atoms with Gasteiger partial charge in [-0.1, -0.05) is 0 Å². The average Bonchev–Trinajstić information content (AvgIpc) is 2.45. The molecular formula is C10H14N2O2S. The highest BCUT2D eigenvalue weighted by Gasteiger charge is 2.27. The molecule has 0 saturated carbocycles. The van der Waals surface area contributed by atoms with Crippen molar-refractivity contribution in [2.45, 2.75) is 19.4 Å². The summed E-state index contributed by atoms with van der Waals surface area (Å²) in [6.45, 7) is 1.91. The van der Waals surface area contributed by atoms with Gasteiger partial charge in [0, 0.05) is 23.6 Å². The van der Waals surface area contributed by atoms with Crippen molar-refractivity contribution < 1.29 is 8.42 Å². The summed E-state index contributed by atoms with van der Waals surface area (Å²) in [6, 6.07) is 3.83. The van der Waals surface area contributed by atoms with Crippen LogP contribution in [0, 0.1) is 6.92 Å². The Morgan fingerprint density at radius 2 is 2.33 bits per heavy atom. The molecule has 1 atom stereocenters. The first-order valence-corrected chi connectivity index (χ1v) is 6.77. The second-order valence-electron chi connectivity index (χ2n) is 3.93. The van der Waals surface area contributed by atoms with Crippen LogP contribution < -0.4 is 5.32 Å². The minimum atomic E-state index is -2.80. The maximum absolute atomic E-state index is 11.2. The molecule has 0 amide bonds. The maximum atomic E-state index is 11.2. The molecule has 1 aliphatic heterocycles. The number of pyridine rings is 1. The van der Waals surface area contributed by atoms with Crippen LogP contribution in [-0.2, 0) is 9.84 Å². The first kappa shape index (κ1) is 10.4. The fourth-order valence-corrected chi connectivity index (χ4v) is 3.45. The Balaban J connectivity index is 2.05. The Labute approximate surface area is 89.6 Å². The minimum Gasteiger partial charge on any atom is -0.381 e. The average molecular weight is 226 g/mol. The molecule has 0 aliphatic carbocycles. The molecule has 15 heavy (non-hydrogen) atoms. The molecule has 1 N–H and O–H groups in total. The van der Waals surface area contributed by atoms with Crippen molar-refractivity contribution in [2.24, 2.45) is 0 Å². The van der Waals surface area contributed by atoms with Crippen LogP contribution in [0.25, 0.3) is 0 Å². The van der Waals surface area contributed by atoms with Crippen molar-refractivity contribution in [1.82, 2.24) is 4.98 Å². The largest absolute Gasteiger partial charge is 0.381 e. The van der Waals surface area contributed by atoms with E-state index < -0.39 is 9.84 Å². The van der Waals surface area contributed by atoms with Crippen molar-refractivity contribution >= 4 is 15.5 Å². The summed E-state index contributed by atoms with van der Waals surface area (Å²) < 4.78 is 22.5. The molecule has 82 valence electrons. The zero-order valence-electron chi connectivity index (χ0n) is 8.60. The summed E-state index contributed by atoms with van der Waals surface area (Å²) in [4.78, 5) is 4.08. The summed E-state index contributed by atoms with van der Waals surface area (Å²) in [6.07, 6.45) is 2.42. The highest BCUT2D eigenvalue weighted by atomic mass is 32.2. The van der Waals surface area contributed by atoms with E-state index >= 15 is 0 Å². The van der Waals surface area contributed by atoms with Crippen LogP contribution in [0.15, 0.2) is 18.3 Å². The normalized spacial score (nSPS) is 23.9. The molecule has 0 radical (unpaired) electrons. The lowest BCUT2D eigenvalue weighted by molar-refractivity contribution is 0.602. The molecule has 1 unspecified atom stereocenters. The van der Waals surface area contributed by atoms with Crippen molar-refractivity contribution in [3.8, 4) is 0 Å². The number of hydrogen-bond donors (Lipinski definition) is 1. The molecule has 0 bridgehead atoms. The first-order chi connectivity index (χ1) is 7.05. The number of aromatic nitrogens is 1. The van der Waals surface area contributed by atoms with Crippen LogP contribution in [0.3, 0.4) is 0 Å². The van der Waals surface area contributed by atoms with Crippen LogP contribution in [0.5, 0.6) is 0 Å². The second-order valence-corrected chi connectivity index (χ2v) is 6.16. The van der Waals surface area contributed by atoms with Gasteiger partial charge in [-0.15, -0.1) is 0 Å². The van der Waals surface area contributed by atoms with Crippen LogP contribution in [0.1, 0.15) is 12.1 Å². The predicted octanol–water partition coefficient (Wildman–Crippen LogP) is 0.989. The second kappa shape index (κ2) is 3.81. The highest BCUT2D eigenvalue weighted by Crippen LogP contribution is 2.17. The topological polar surface area (TPSA) is 59.1 Å². The fourth-order valence-electron chi connectivity index (χ4n) is 1.78. The van der Waals surface area contributed by atoms with Gasteiger partial charge in [0.15, 0.2) is 9.84 Å². The lowest BCUT2D eigenvalue weighted by atomic mass is 10.2. The summed E-state index contributed by atoms with van der Waals surface area (Å²) >= 11 is 0. The quantitative estimate of drug-likeness (QED) is 0.817. The van der Waals surface area contributed by atoms with Gasteiger partial charge in [-0.05, 0) is 25.5 Å². The van der Waals surface area contributed by atoms with Gasteiger partial charge in [0.05, 0.1) is 11.5 Å². The molecule has 1 aromatic heterocycles. The molecule has 5 heteroatoms. The molecule has 1 saturated heterocycles. The summed E-state index contributed by atoms with van der Waals surface area (Å²) in [7, 11) is -2.80. The molecular weight excluding hydrogens is 212 g/mol. The number of nitrogens with one attached hydrogen (secondary N) is 1. The Bertz CT molecular complexity index is 456. The van der Waals surface area contributed by atoms with Crippen LogP contribution in [-0.4, -0.2) is 30.9 Å². The number of nitrogens with zero attached hydrogens (tertiary/aromatic N) is 1. The molecule has 0 spiro atoms. The van der Waals surface area contributed by atoms with Crippen molar-refractivity contribution in [2.75, 3.05) is 16.8 Å². The first-order valence-electron chi connectivity index (χ1n) is 4.95. The van der Waals surface area contributed by atoms with E-state index in [0.29, 0.717) is 12.2 Å². The van der Waals surface area contributed by atoms with E-state index in [2.05, 4.69) is 10.3 Å². The molecule has 1 aliphatic rings. The van der Waals surface area contributed by atoms with Crippen LogP contribution in [0.4, 0.5) is 5.69 Å². The van der Waals surface area contributed by atoms with Gasteiger partial charge < -0.3 is 5.32 Å². The lowest BCUT2D eigenvalue weighted by Gasteiger charge is -2.12. The number of aryl methyl sites for hydroxylation is 1. The van der Waals surface area contributed by atoms with Crippen molar-refractivity contribution in [3.63, 3.8) is 0 Å². The van der Waals surface area contributed by atoms with Gasteiger partial charge in [-0.3, -0.25) is 4.98 Å². The molecule has 1 fully saturated rings. The zero-order chi connectivity index (χ0) is 10.9. The van der Waals surface area contributed by atoms with Gasteiger partial charge >= 0.3 is 0 Å². The number of anilines is 1. The Hall–Kier alpha value is -1.10. The van der Waals surface area contributed by atoms with Crippen LogP contribution in [0.2, 0.25) is 0 Å². The fraction of sp³-hybridized carbons (Fsp3) is 0.500. The molecule has 1 aromatic rings. The van der Waals surface area contributed by atoms with E-state index in [1.165, 1.54) is 0 Å². The smallest absolute Gasteiger partial charge is 0.152 e. The van der Waals surface area contributed by atoms with E-state index in [4.69, 9.17) is 0 Å². The Morgan fingerprint density at radius 1 is 1.53 bits per heavy atom. The molecule has 2 heterocycles. The third kappa shape index (κ3) is 2.68. The van der Waals surface area contributed by atoms with Crippen molar-refractivity contribution in [1.29, 1.82) is 0 Å². The van der Waals surface area contributed by atoms with E-state index in [1.807, 2.05) is 19.1 Å². The Morgan fingerprint density at radius 3 is 2.93 bits per heavy atom. The Kier molecular flexibility index (Phi) is 2.65. The summed E-state index contributed by atoms with van der Waals surface area (Å²) in [5.41, 5.74) is 1.88. The predicted molar refractivity (Wildman–Crippen MR) is 59.7 cm³/mol. The summed E-state index contributed by atoms with van der Waals surface area (Å²) in [5.74, 6) is 0.545. The molecule has 0 aromatic carbocycles. The highest BCUT2D eigenvalue weighted by molar-refractivity contribution is 7.91.